The Morgan fingerprint density at radius 2 is 2.14 bits per heavy atom. The monoisotopic (exact) mass is 395 g/mol. The van der Waals surface area contributed by atoms with Gasteiger partial charge in [-0.05, 0) is 44.1 Å². The molecule has 0 radical (unpaired) electrons. The maximum Gasteiger partial charge on any atom is 0.194 e. The van der Waals surface area contributed by atoms with E-state index in [4.69, 9.17) is 9.73 Å². The van der Waals surface area contributed by atoms with E-state index < -0.39 is 0 Å². The Labute approximate surface area is 174 Å². The van der Waals surface area contributed by atoms with Crippen molar-refractivity contribution in [1.29, 1.82) is 0 Å². The molecule has 2 heterocycles. The quantitative estimate of drug-likeness (QED) is 0.573. The first-order chi connectivity index (χ1) is 14.2. The molecule has 1 aliphatic carbocycles. The number of likely N-dealkylation sites (tertiary alicyclic amines) is 1. The van der Waals surface area contributed by atoms with Gasteiger partial charge in [-0.2, -0.15) is 0 Å². The van der Waals surface area contributed by atoms with Crippen LogP contribution in [0.4, 0.5) is 0 Å². The smallest absolute Gasteiger partial charge is 0.194 e. The van der Waals surface area contributed by atoms with Crippen molar-refractivity contribution >= 4 is 5.96 Å². The second-order valence-corrected chi connectivity index (χ2v) is 8.32. The number of hydrogen-bond acceptors (Lipinski definition) is 3. The Kier molecular flexibility index (Phi) is 6.37. The molecule has 1 saturated carbocycles. The summed E-state index contributed by atoms with van der Waals surface area (Å²) in [5, 5.41) is 3.49. The molecule has 2 fully saturated rings. The summed E-state index contributed by atoms with van der Waals surface area (Å²) in [5.41, 5.74) is 1.15. The van der Waals surface area contributed by atoms with Gasteiger partial charge in [0, 0.05) is 37.6 Å². The maximum atomic E-state index is 6.07. The third kappa shape index (κ3) is 5.11. The molecule has 156 valence electrons. The Morgan fingerprint density at radius 1 is 1.28 bits per heavy atom. The van der Waals surface area contributed by atoms with E-state index in [1.165, 1.54) is 12.8 Å². The molecule has 1 saturated heterocycles. The number of rotatable bonds is 7. The number of nitrogens with zero attached hydrogens (tertiary/aromatic N) is 4. The summed E-state index contributed by atoms with van der Waals surface area (Å²) in [5.74, 6) is 3.34. The predicted molar refractivity (Wildman–Crippen MR) is 116 cm³/mol. The normalized spacial score (nSPS) is 22.6. The third-order valence-corrected chi connectivity index (χ3v) is 6.00. The Hall–Kier alpha value is -2.50. The third-order valence-electron chi connectivity index (χ3n) is 6.00. The van der Waals surface area contributed by atoms with E-state index in [2.05, 4.69) is 58.0 Å². The number of benzene rings is 1. The van der Waals surface area contributed by atoms with Gasteiger partial charge in [0.15, 0.2) is 5.96 Å². The van der Waals surface area contributed by atoms with E-state index in [-0.39, 0.29) is 0 Å². The van der Waals surface area contributed by atoms with Gasteiger partial charge in [-0.15, -0.1) is 0 Å². The number of nitrogens with one attached hydrogen (secondary N) is 1. The average molecular weight is 396 g/mol. The highest BCUT2D eigenvalue weighted by atomic mass is 16.5. The van der Waals surface area contributed by atoms with Gasteiger partial charge >= 0.3 is 0 Å². The van der Waals surface area contributed by atoms with Crippen molar-refractivity contribution in [2.45, 2.75) is 45.7 Å². The molecule has 0 amide bonds. The van der Waals surface area contributed by atoms with Crippen molar-refractivity contribution in [3.63, 3.8) is 0 Å². The SMILES string of the molecule is CCNC(=NCc1ccccc1OCC1CC1)N1CCC(C)C(n2ccnc2)C1. The minimum atomic E-state index is 0.421. The second kappa shape index (κ2) is 9.33. The van der Waals surface area contributed by atoms with E-state index in [0.717, 1.165) is 55.9 Å². The highest BCUT2D eigenvalue weighted by Gasteiger charge is 2.29. The van der Waals surface area contributed by atoms with Crippen LogP contribution in [0, 0.1) is 11.8 Å². The lowest BCUT2D eigenvalue weighted by atomic mass is 9.93. The zero-order valence-electron chi connectivity index (χ0n) is 17.6. The Morgan fingerprint density at radius 3 is 2.90 bits per heavy atom. The summed E-state index contributed by atoms with van der Waals surface area (Å²) in [6.45, 7) is 8.76. The highest BCUT2D eigenvalue weighted by molar-refractivity contribution is 5.80. The number of imidazole rings is 1. The molecule has 2 aliphatic rings. The number of piperidine rings is 1. The van der Waals surface area contributed by atoms with Gasteiger partial charge in [0.05, 0.1) is 25.5 Å². The summed E-state index contributed by atoms with van der Waals surface area (Å²) in [7, 11) is 0. The Bertz CT molecular complexity index is 799. The van der Waals surface area contributed by atoms with E-state index in [0.29, 0.717) is 18.5 Å². The molecule has 1 aromatic heterocycles. The lowest BCUT2D eigenvalue weighted by Crippen LogP contribution is -2.49. The van der Waals surface area contributed by atoms with Crippen LogP contribution in [0.3, 0.4) is 0 Å². The summed E-state index contributed by atoms with van der Waals surface area (Å²) in [6, 6.07) is 8.73. The van der Waals surface area contributed by atoms with Gasteiger partial charge in [0.1, 0.15) is 5.75 Å². The fraction of sp³-hybridized carbons (Fsp3) is 0.565. The standard InChI is InChI=1S/C23H33N5O/c1-3-25-23(27-12-10-18(2)21(15-27)28-13-11-24-17-28)26-14-20-6-4-5-7-22(20)29-16-19-8-9-19/h4-7,11,13,17-19,21H,3,8-10,12,14-16H2,1-2H3,(H,25,26). The second-order valence-electron chi connectivity index (χ2n) is 8.32. The fourth-order valence-electron chi connectivity index (χ4n) is 3.95. The van der Waals surface area contributed by atoms with Gasteiger partial charge in [-0.3, -0.25) is 0 Å². The maximum absolute atomic E-state index is 6.07. The average Bonchev–Trinajstić information content (AvgIpc) is 3.42. The first kappa shape index (κ1) is 19.8. The zero-order valence-corrected chi connectivity index (χ0v) is 17.6. The summed E-state index contributed by atoms with van der Waals surface area (Å²) >= 11 is 0. The molecular weight excluding hydrogens is 362 g/mol. The first-order valence-electron chi connectivity index (χ1n) is 11.0. The van der Waals surface area contributed by atoms with Gasteiger partial charge in [0.2, 0.25) is 0 Å². The number of guanidine groups is 1. The molecule has 2 aromatic rings. The summed E-state index contributed by atoms with van der Waals surface area (Å²) in [6.07, 6.45) is 9.62. The largest absolute Gasteiger partial charge is 0.493 e. The molecule has 1 aliphatic heterocycles. The van der Waals surface area contributed by atoms with Crippen LogP contribution in [-0.4, -0.2) is 46.7 Å². The van der Waals surface area contributed by atoms with Crippen molar-refractivity contribution in [1.82, 2.24) is 19.8 Å². The summed E-state index contributed by atoms with van der Waals surface area (Å²) < 4.78 is 8.30. The molecule has 2 unspecified atom stereocenters. The van der Waals surface area contributed by atoms with Crippen LogP contribution >= 0.6 is 0 Å². The molecule has 2 atom stereocenters. The van der Waals surface area contributed by atoms with Crippen LogP contribution in [-0.2, 0) is 6.54 Å². The van der Waals surface area contributed by atoms with Crippen LogP contribution in [0.25, 0.3) is 0 Å². The van der Waals surface area contributed by atoms with Crippen molar-refractivity contribution in [2.75, 3.05) is 26.2 Å². The van der Waals surface area contributed by atoms with Crippen LogP contribution in [0.1, 0.15) is 44.7 Å². The molecule has 4 rings (SSSR count). The highest BCUT2D eigenvalue weighted by Crippen LogP contribution is 2.31. The molecule has 6 heteroatoms. The first-order valence-corrected chi connectivity index (χ1v) is 11.0. The molecule has 0 spiro atoms. The van der Waals surface area contributed by atoms with Gasteiger partial charge in [-0.25, -0.2) is 9.98 Å². The molecule has 6 nitrogen and oxygen atoms in total. The molecule has 1 N–H and O–H groups in total. The van der Waals surface area contributed by atoms with Crippen molar-refractivity contribution in [3.05, 3.63) is 48.5 Å². The molecular formula is C23H33N5O. The van der Waals surface area contributed by atoms with Crippen LogP contribution in [0.5, 0.6) is 5.75 Å². The predicted octanol–water partition coefficient (Wildman–Crippen LogP) is 3.72. The van der Waals surface area contributed by atoms with E-state index >= 15 is 0 Å². The Balaban J connectivity index is 1.46. The minimum Gasteiger partial charge on any atom is -0.493 e. The van der Waals surface area contributed by atoms with E-state index in [9.17, 15) is 0 Å². The van der Waals surface area contributed by atoms with Crippen LogP contribution in [0.2, 0.25) is 0 Å². The van der Waals surface area contributed by atoms with E-state index in [1.54, 1.807) is 0 Å². The van der Waals surface area contributed by atoms with Gasteiger partial charge in [-0.1, -0.05) is 25.1 Å². The molecule has 29 heavy (non-hydrogen) atoms. The minimum absolute atomic E-state index is 0.421. The number of aliphatic imine (C=N–C) groups is 1. The van der Waals surface area contributed by atoms with Crippen molar-refractivity contribution in [2.24, 2.45) is 16.8 Å². The fourth-order valence-corrected chi connectivity index (χ4v) is 3.95. The number of hydrogen-bond donors (Lipinski definition) is 1. The van der Waals surface area contributed by atoms with Crippen LogP contribution in [0.15, 0.2) is 48.0 Å². The lowest BCUT2D eigenvalue weighted by Gasteiger charge is -2.39. The molecule has 1 aromatic carbocycles. The van der Waals surface area contributed by atoms with E-state index in [1.807, 2.05) is 18.6 Å². The van der Waals surface area contributed by atoms with Crippen LogP contribution < -0.4 is 10.1 Å². The summed E-state index contributed by atoms with van der Waals surface area (Å²) in [4.78, 5) is 11.6. The number of aromatic nitrogens is 2. The number of ether oxygens (including phenoxy) is 1. The van der Waals surface area contributed by atoms with Gasteiger partial charge < -0.3 is 19.5 Å². The molecule has 0 bridgehead atoms. The zero-order chi connectivity index (χ0) is 20.1. The van der Waals surface area contributed by atoms with Crippen molar-refractivity contribution in [3.8, 4) is 5.75 Å². The van der Waals surface area contributed by atoms with Gasteiger partial charge in [0.25, 0.3) is 0 Å². The lowest BCUT2D eigenvalue weighted by molar-refractivity contribution is 0.189. The van der Waals surface area contributed by atoms with Crippen molar-refractivity contribution < 1.29 is 4.74 Å². The topological polar surface area (TPSA) is 54.7 Å². The number of para-hydroxylation sites is 1.